The quantitative estimate of drug-likeness (QED) is 0.383. The van der Waals surface area contributed by atoms with Gasteiger partial charge in [0.15, 0.2) is 11.9 Å². The van der Waals surface area contributed by atoms with Crippen LogP contribution in [0.25, 0.3) is 16.3 Å². The SMILES string of the molecule is Cc1cc2ccccc2c2cccc[n+]12. The number of fused-ring (bicyclic) bond motifs is 3. The highest BCUT2D eigenvalue weighted by molar-refractivity contribution is 5.93. The molecule has 0 aliphatic rings. The van der Waals surface area contributed by atoms with Crippen LogP contribution in [0.5, 0.6) is 0 Å². The summed E-state index contributed by atoms with van der Waals surface area (Å²) in [4.78, 5) is 0. The normalized spacial score (nSPS) is 11.0. The number of hydrogen-bond acceptors (Lipinski definition) is 0. The van der Waals surface area contributed by atoms with Gasteiger partial charge >= 0.3 is 0 Å². The number of aromatic nitrogens is 1. The summed E-state index contributed by atoms with van der Waals surface area (Å²) in [6, 6.07) is 17.0. The van der Waals surface area contributed by atoms with Gasteiger partial charge in [0, 0.05) is 25.1 Å². The highest BCUT2D eigenvalue weighted by atomic mass is 14.9. The highest BCUT2D eigenvalue weighted by Crippen LogP contribution is 2.17. The summed E-state index contributed by atoms with van der Waals surface area (Å²) in [5.74, 6) is 0. The number of benzene rings is 1. The first-order chi connectivity index (χ1) is 7.36. The van der Waals surface area contributed by atoms with Crippen molar-refractivity contribution in [1.82, 2.24) is 0 Å². The second-order valence-electron chi connectivity index (χ2n) is 3.83. The van der Waals surface area contributed by atoms with E-state index in [-0.39, 0.29) is 0 Å². The van der Waals surface area contributed by atoms with E-state index in [4.69, 9.17) is 0 Å². The zero-order chi connectivity index (χ0) is 10.3. The molecule has 1 heteroatoms. The molecule has 0 saturated heterocycles. The second kappa shape index (κ2) is 3.06. The molecule has 0 amide bonds. The van der Waals surface area contributed by atoms with E-state index in [0.717, 1.165) is 0 Å². The van der Waals surface area contributed by atoms with E-state index >= 15 is 0 Å². The average molecular weight is 194 g/mol. The Morgan fingerprint density at radius 2 is 1.73 bits per heavy atom. The molecule has 2 heterocycles. The zero-order valence-electron chi connectivity index (χ0n) is 8.64. The van der Waals surface area contributed by atoms with Gasteiger partial charge in [0.25, 0.3) is 0 Å². The molecule has 3 rings (SSSR count). The molecule has 0 N–H and O–H groups in total. The van der Waals surface area contributed by atoms with Crippen LogP contribution in [0.2, 0.25) is 0 Å². The predicted molar refractivity (Wildman–Crippen MR) is 61.8 cm³/mol. The van der Waals surface area contributed by atoms with E-state index in [9.17, 15) is 0 Å². The lowest BCUT2D eigenvalue weighted by molar-refractivity contribution is -0.518. The number of rotatable bonds is 0. The van der Waals surface area contributed by atoms with Crippen LogP contribution in [0, 0.1) is 6.92 Å². The maximum atomic E-state index is 2.22. The predicted octanol–water partition coefficient (Wildman–Crippen LogP) is 2.89. The Bertz CT molecular complexity index is 641. The van der Waals surface area contributed by atoms with Crippen molar-refractivity contribution in [3.63, 3.8) is 0 Å². The van der Waals surface area contributed by atoms with Crippen LogP contribution in [0.1, 0.15) is 5.69 Å². The first-order valence-electron chi connectivity index (χ1n) is 5.15. The summed E-state index contributed by atoms with van der Waals surface area (Å²) in [5, 5.41) is 2.62. The van der Waals surface area contributed by atoms with Crippen LogP contribution in [-0.2, 0) is 0 Å². The third-order valence-corrected chi connectivity index (χ3v) is 2.84. The van der Waals surface area contributed by atoms with Crippen molar-refractivity contribution >= 4 is 16.3 Å². The highest BCUT2D eigenvalue weighted by Gasteiger charge is 2.09. The van der Waals surface area contributed by atoms with Crippen LogP contribution in [0.4, 0.5) is 0 Å². The summed E-state index contributed by atoms with van der Waals surface area (Å²) in [5.41, 5.74) is 2.54. The van der Waals surface area contributed by atoms with E-state index in [2.05, 4.69) is 66.1 Å². The first kappa shape index (κ1) is 8.42. The molecule has 3 aromatic rings. The average Bonchev–Trinajstić information content (AvgIpc) is 2.30. The van der Waals surface area contributed by atoms with Gasteiger partial charge in [-0.1, -0.05) is 18.2 Å². The molecule has 15 heavy (non-hydrogen) atoms. The van der Waals surface area contributed by atoms with Gasteiger partial charge in [-0.25, -0.2) is 0 Å². The van der Waals surface area contributed by atoms with Gasteiger partial charge in [-0.05, 0) is 17.5 Å². The molecule has 0 spiro atoms. The van der Waals surface area contributed by atoms with E-state index in [1.807, 2.05) is 0 Å². The first-order valence-corrected chi connectivity index (χ1v) is 5.15. The number of hydrogen-bond donors (Lipinski definition) is 0. The van der Waals surface area contributed by atoms with Crippen molar-refractivity contribution in [1.29, 1.82) is 0 Å². The fraction of sp³-hybridized carbons (Fsp3) is 0.0714. The molecule has 0 aliphatic heterocycles. The van der Waals surface area contributed by atoms with Gasteiger partial charge in [-0.2, -0.15) is 4.40 Å². The molecule has 0 atom stereocenters. The van der Waals surface area contributed by atoms with Crippen molar-refractivity contribution in [2.45, 2.75) is 6.92 Å². The van der Waals surface area contributed by atoms with Crippen LogP contribution in [0.15, 0.2) is 54.7 Å². The van der Waals surface area contributed by atoms with Gasteiger partial charge in [0.2, 0.25) is 5.52 Å². The van der Waals surface area contributed by atoms with Crippen molar-refractivity contribution in [3.05, 3.63) is 60.4 Å². The third-order valence-electron chi connectivity index (χ3n) is 2.84. The Morgan fingerprint density at radius 3 is 2.67 bits per heavy atom. The summed E-state index contributed by atoms with van der Waals surface area (Å²) < 4.78 is 2.22. The van der Waals surface area contributed by atoms with Gasteiger partial charge < -0.3 is 0 Å². The maximum absolute atomic E-state index is 2.22. The largest absolute Gasteiger partial charge is 0.218 e. The van der Waals surface area contributed by atoms with E-state index < -0.39 is 0 Å². The Morgan fingerprint density at radius 1 is 0.933 bits per heavy atom. The molecular formula is C14H12N+. The van der Waals surface area contributed by atoms with E-state index in [1.54, 1.807) is 0 Å². The van der Waals surface area contributed by atoms with Crippen LogP contribution >= 0.6 is 0 Å². The Hall–Kier alpha value is -1.89. The second-order valence-corrected chi connectivity index (χ2v) is 3.83. The molecule has 0 aliphatic carbocycles. The third kappa shape index (κ3) is 1.20. The molecular weight excluding hydrogens is 182 g/mol. The van der Waals surface area contributed by atoms with Gasteiger partial charge in [0.1, 0.15) is 0 Å². The van der Waals surface area contributed by atoms with Gasteiger partial charge in [0.05, 0.1) is 5.39 Å². The van der Waals surface area contributed by atoms with Gasteiger partial charge in [-0.15, -0.1) is 0 Å². The van der Waals surface area contributed by atoms with Crippen LogP contribution in [0.3, 0.4) is 0 Å². The topological polar surface area (TPSA) is 4.10 Å². The molecule has 0 fully saturated rings. The molecule has 0 radical (unpaired) electrons. The van der Waals surface area contributed by atoms with E-state index in [0.29, 0.717) is 0 Å². The van der Waals surface area contributed by atoms with Crippen LogP contribution < -0.4 is 4.40 Å². The maximum Gasteiger partial charge on any atom is 0.218 e. The lowest BCUT2D eigenvalue weighted by Gasteiger charge is -2.00. The standard InChI is InChI=1S/C14H12N/c1-11-10-12-6-2-3-7-13(12)14-8-4-5-9-15(11)14/h2-10H,1H3/q+1. The Kier molecular flexibility index (Phi) is 1.72. The minimum atomic E-state index is 1.27. The number of aryl methyl sites for hydroxylation is 1. The Labute approximate surface area is 88.6 Å². The van der Waals surface area contributed by atoms with Crippen molar-refractivity contribution in [3.8, 4) is 0 Å². The summed E-state index contributed by atoms with van der Waals surface area (Å²) in [6.07, 6.45) is 2.11. The molecule has 1 nitrogen and oxygen atoms in total. The van der Waals surface area contributed by atoms with Crippen molar-refractivity contribution in [2.75, 3.05) is 0 Å². The Balaban J connectivity index is 2.64. The van der Waals surface area contributed by atoms with Crippen LogP contribution in [-0.4, -0.2) is 0 Å². The number of pyridine rings is 2. The summed E-state index contributed by atoms with van der Waals surface area (Å²) in [7, 11) is 0. The van der Waals surface area contributed by atoms with Crippen molar-refractivity contribution < 1.29 is 4.40 Å². The summed E-state index contributed by atoms with van der Waals surface area (Å²) in [6.45, 7) is 2.14. The monoisotopic (exact) mass is 194 g/mol. The lowest BCUT2D eigenvalue weighted by Crippen LogP contribution is -2.24. The molecule has 2 aromatic heterocycles. The summed E-state index contributed by atoms with van der Waals surface area (Å²) >= 11 is 0. The molecule has 1 aromatic carbocycles. The van der Waals surface area contributed by atoms with Crippen molar-refractivity contribution in [2.24, 2.45) is 0 Å². The molecule has 0 unspecified atom stereocenters. The number of nitrogens with zero attached hydrogens (tertiary/aromatic N) is 1. The smallest absolute Gasteiger partial charge is 0.164 e. The lowest BCUT2D eigenvalue weighted by atomic mass is 10.1. The minimum absolute atomic E-state index is 1.27. The van der Waals surface area contributed by atoms with E-state index in [1.165, 1.54) is 22.0 Å². The fourth-order valence-corrected chi connectivity index (χ4v) is 2.12. The van der Waals surface area contributed by atoms with Gasteiger partial charge in [-0.3, -0.25) is 0 Å². The minimum Gasteiger partial charge on any atom is -0.164 e. The molecule has 72 valence electrons. The fourth-order valence-electron chi connectivity index (χ4n) is 2.12. The molecule has 0 saturated carbocycles. The molecule has 0 bridgehead atoms. The zero-order valence-corrected chi connectivity index (χ0v) is 8.64.